The first kappa shape index (κ1) is 22.9. The Morgan fingerprint density at radius 2 is 1.77 bits per heavy atom. The highest BCUT2D eigenvalue weighted by molar-refractivity contribution is 7.89. The number of nitrogens with zero attached hydrogens (tertiary/aromatic N) is 2. The third-order valence-corrected chi connectivity index (χ3v) is 7.26. The molecular formula is C22H27N3O5S. The number of benzene rings is 1. The van der Waals surface area contributed by atoms with Crippen molar-refractivity contribution in [3.8, 4) is 0 Å². The van der Waals surface area contributed by atoms with Crippen LogP contribution >= 0.6 is 0 Å². The van der Waals surface area contributed by atoms with Gasteiger partial charge in [0.25, 0.3) is 5.91 Å². The molecule has 0 bridgehead atoms. The molecule has 0 spiro atoms. The molecule has 1 aromatic carbocycles. The Bertz CT molecular complexity index is 990. The fraction of sp³-hybridized carbons (Fsp3) is 0.409. The molecule has 31 heavy (non-hydrogen) atoms. The molecule has 1 fully saturated rings. The van der Waals surface area contributed by atoms with Crippen molar-refractivity contribution in [1.82, 2.24) is 14.6 Å². The highest BCUT2D eigenvalue weighted by atomic mass is 32.2. The molecule has 166 valence electrons. The van der Waals surface area contributed by atoms with Gasteiger partial charge in [0, 0.05) is 25.5 Å². The van der Waals surface area contributed by atoms with E-state index in [1.54, 1.807) is 6.07 Å². The van der Waals surface area contributed by atoms with Gasteiger partial charge >= 0.3 is 5.97 Å². The Labute approximate surface area is 182 Å². The van der Waals surface area contributed by atoms with Crippen LogP contribution in [0.3, 0.4) is 0 Å². The van der Waals surface area contributed by atoms with Crippen molar-refractivity contribution in [2.24, 2.45) is 5.92 Å². The van der Waals surface area contributed by atoms with Gasteiger partial charge in [-0.05, 0) is 44.4 Å². The summed E-state index contributed by atoms with van der Waals surface area (Å²) in [7, 11) is -3.63. The smallest absolute Gasteiger partial charge is 0.309 e. The lowest BCUT2D eigenvalue weighted by Crippen LogP contribution is -2.42. The molecule has 2 atom stereocenters. The Balaban J connectivity index is 1.50. The third kappa shape index (κ3) is 5.68. The number of carbonyl (C=O) groups is 2. The predicted molar refractivity (Wildman–Crippen MR) is 114 cm³/mol. The van der Waals surface area contributed by atoms with E-state index in [1.807, 2.05) is 37.3 Å². The summed E-state index contributed by atoms with van der Waals surface area (Å²) in [5.41, 5.74) is 0.955. The van der Waals surface area contributed by atoms with Crippen molar-refractivity contribution in [3.05, 3.63) is 60.4 Å². The van der Waals surface area contributed by atoms with Crippen LogP contribution in [-0.2, 0) is 24.3 Å². The Morgan fingerprint density at radius 3 is 2.39 bits per heavy atom. The zero-order valence-electron chi connectivity index (χ0n) is 17.6. The number of hydrogen-bond donors (Lipinski definition) is 1. The van der Waals surface area contributed by atoms with Crippen LogP contribution in [0.5, 0.6) is 0 Å². The van der Waals surface area contributed by atoms with Crippen LogP contribution in [0.25, 0.3) is 0 Å². The maximum Gasteiger partial charge on any atom is 0.309 e. The maximum absolute atomic E-state index is 12.7. The van der Waals surface area contributed by atoms with Crippen molar-refractivity contribution < 1.29 is 22.7 Å². The van der Waals surface area contributed by atoms with Crippen LogP contribution in [0.1, 0.15) is 38.3 Å². The summed E-state index contributed by atoms with van der Waals surface area (Å²) >= 11 is 0. The van der Waals surface area contributed by atoms with E-state index in [0.29, 0.717) is 12.8 Å². The second kappa shape index (κ2) is 10.0. The number of aromatic nitrogens is 1. The van der Waals surface area contributed by atoms with E-state index in [0.717, 1.165) is 5.56 Å². The van der Waals surface area contributed by atoms with Crippen LogP contribution in [0.4, 0.5) is 0 Å². The average molecular weight is 446 g/mol. The van der Waals surface area contributed by atoms with E-state index in [2.05, 4.69) is 10.3 Å². The fourth-order valence-electron chi connectivity index (χ4n) is 3.46. The van der Waals surface area contributed by atoms with E-state index in [9.17, 15) is 18.0 Å². The van der Waals surface area contributed by atoms with Crippen molar-refractivity contribution in [3.63, 3.8) is 0 Å². The number of sulfonamides is 1. The second-order valence-electron chi connectivity index (χ2n) is 7.59. The van der Waals surface area contributed by atoms with Crippen LogP contribution in [-0.4, -0.2) is 48.8 Å². The minimum atomic E-state index is -3.63. The molecule has 2 aromatic rings. The topological polar surface area (TPSA) is 106 Å². The summed E-state index contributed by atoms with van der Waals surface area (Å²) in [4.78, 5) is 28.9. The quantitative estimate of drug-likeness (QED) is 0.656. The SMILES string of the molecule is CC(OC(=O)C1CCN(S(=O)(=O)c2cccnc2)CC1)C(=O)NC(C)c1ccccc1. The molecule has 1 N–H and O–H groups in total. The van der Waals surface area contributed by atoms with Crippen LogP contribution in [0.2, 0.25) is 0 Å². The van der Waals surface area contributed by atoms with E-state index in [-0.39, 0.29) is 29.9 Å². The first-order valence-corrected chi connectivity index (χ1v) is 11.7. The number of hydrogen-bond acceptors (Lipinski definition) is 6. The van der Waals surface area contributed by atoms with E-state index in [1.165, 1.54) is 29.7 Å². The monoisotopic (exact) mass is 445 g/mol. The summed E-state index contributed by atoms with van der Waals surface area (Å²) in [6.07, 6.45) is 2.57. The summed E-state index contributed by atoms with van der Waals surface area (Å²) in [5.74, 6) is -1.29. The largest absolute Gasteiger partial charge is 0.452 e. The predicted octanol–water partition coefficient (Wildman–Crippen LogP) is 2.29. The molecule has 1 amide bonds. The molecular weight excluding hydrogens is 418 g/mol. The number of piperidine rings is 1. The summed E-state index contributed by atoms with van der Waals surface area (Å²) in [6.45, 7) is 3.82. The molecule has 1 saturated heterocycles. The minimum Gasteiger partial charge on any atom is -0.452 e. The van der Waals surface area contributed by atoms with Crippen LogP contribution in [0.15, 0.2) is 59.8 Å². The van der Waals surface area contributed by atoms with E-state index >= 15 is 0 Å². The zero-order chi connectivity index (χ0) is 22.4. The van der Waals surface area contributed by atoms with Gasteiger partial charge in [-0.1, -0.05) is 30.3 Å². The first-order chi connectivity index (χ1) is 14.8. The zero-order valence-corrected chi connectivity index (χ0v) is 18.4. The van der Waals surface area contributed by atoms with E-state index < -0.39 is 28.0 Å². The molecule has 9 heteroatoms. The number of nitrogens with one attached hydrogen (secondary N) is 1. The van der Waals surface area contributed by atoms with Gasteiger partial charge in [0.15, 0.2) is 6.10 Å². The molecule has 8 nitrogen and oxygen atoms in total. The number of pyridine rings is 1. The first-order valence-electron chi connectivity index (χ1n) is 10.2. The van der Waals surface area contributed by atoms with Crippen molar-refractivity contribution in [2.75, 3.05) is 13.1 Å². The number of amides is 1. The van der Waals surface area contributed by atoms with Gasteiger partial charge in [0.1, 0.15) is 4.90 Å². The summed E-state index contributed by atoms with van der Waals surface area (Å²) in [6, 6.07) is 12.4. The van der Waals surface area contributed by atoms with Gasteiger partial charge in [-0.25, -0.2) is 8.42 Å². The molecule has 3 rings (SSSR count). The standard InChI is InChI=1S/C22H27N3O5S/c1-16(18-7-4-3-5-8-18)24-21(26)17(2)30-22(27)19-10-13-25(14-11-19)31(28,29)20-9-6-12-23-15-20/h3-9,12,15-17,19H,10-11,13-14H2,1-2H3,(H,24,26). The molecule has 0 aliphatic carbocycles. The van der Waals surface area contributed by atoms with Gasteiger partial charge in [-0.15, -0.1) is 0 Å². The van der Waals surface area contributed by atoms with Gasteiger partial charge in [0.2, 0.25) is 10.0 Å². The Kier molecular flexibility index (Phi) is 7.40. The highest BCUT2D eigenvalue weighted by Crippen LogP contribution is 2.24. The molecule has 2 unspecified atom stereocenters. The minimum absolute atomic E-state index is 0.133. The lowest BCUT2D eigenvalue weighted by molar-refractivity contribution is -0.160. The van der Waals surface area contributed by atoms with Crippen molar-refractivity contribution in [1.29, 1.82) is 0 Å². The highest BCUT2D eigenvalue weighted by Gasteiger charge is 2.34. The maximum atomic E-state index is 12.7. The average Bonchev–Trinajstić information content (AvgIpc) is 2.80. The second-order valence-corrected chi connectivity index (χ2v) is 9.53. The van der Waals surface area contributed by atoms with Crippen LogP contribution < -0.4 is 5.32 Å². The van der Waals surface area contributed by atoms with E-state index in [4.69, 9.17) is 4.74 Å². The van der Waals surface area contributed by atoms with Crippen molar-refractivity contribution >= 4 is 21.9 Å². The third-order valence-electron chi connectivity index (χ3n) is 5.38. The lowest BCUT2D eigenvalue weighted by atomic mass is 9.98. The van der Waals surface area contributed by atoms with Crippen molar-refractivity contribution in [2.45, 2.75) is 43.7 Å². The number of rotatable bonds is 7. The molecule has 1 aromatic heterocycles. The number of ether oxygens (including phenoxy) is 1. The molecule has 1 aliphatic heterocycles. The number of esters is 1. The van der Waals surface area contributed by atoms with Gasteiger partial charge in [-0.2, -0.15) is 4.31 Å². The summed E-state index contributed by atoms with van der Waals surface area (Å²) < 4.78 is 32.1. The molecule has 0 saturated carbocycles. The van der Waals surface area contributed by atoms with Gasteiger partial charge in [0.05, 0.1) is 12.0 Å². The summed E-state index contributed by atoms with van der Waals surface area (Å²) in [5, 5.41) is 2.84. The lowest BCUT2D eigenvalue weighted by Gasteiger charge is -2.30. The van der Waals surface area contributed by atoms with Crippen LogP contribution in [0, 0.1) is 5.92 Å². The normalized spacial score (nSPS) is 17.5. The molecule has 2 heterocycles. The molecule has 1 aliphatic rings. The Hall–Kier alpha value is -2.78. The fourth-order valence-corrected chi connectivity index (χ4v) is 4.89. The van der Waals surface area contributed by atoms with Gasteiger partial charge < -0.3 is 10.1 Å². The Morgan fingerprint density at radius 1 is 1.10 bits per heavy atom. The molecule has 0 radical (unpaired) electrons. The van der Waals surface area contributed by atoms with Gasteiger partial charge in [-0.3, -0.25) is 14.6 Å². The number of carbonyl (C=O) groups excluding carboxylic acids is 2.